The van der Waals surface area contributed by atoms with Gasteiger partial charge in [-0.3, -0.25) is 14.3 Å². The van der Waals surface area contributed by atoms with E-state index < -0.39 is 11.5 Å². The molecule has 0 bridgehead atoms. The monoisotopic (exact) mass is 281 g/mol. The van der Waals surface area contributed by atoms with Crippen LogP contribution in [0.25, 0.3) is 0 Å². The lowest BCUT2D eigenvalue weighted by Gasteiger charge is -2.35. The molecule has 0 aliphatic carbocycles. The van der Waals surface area contributed by atoms with Crippen LogP contribution < -0.4 is 0 Å². The number of aryl methyl sites for hydroxylation is 2. The standard InChI is InChI=1S/C14H23N3O3/c1-6-17-11(9-10(2)15-17)13(20)16(14(3,4)5)8-7-12(18)19/h9H,6-8H2,1-5H3,(H,18,19). The summed E-state index contributed by atoms with van der Waals surface area (Å²) in [7, 11) is 0. The second-order valence-corrected chi connectivity index (χ2v) is 5.76. The molecule has 112 valence electrons. The largest absolute Gasteiger partial charge is 0.481 e. The number of nitrogens with zero attached hydrogens (tertiary/aromatic N) is 3. The van der Waals surface area contributed by atoms with Crippen LogP contribution in [0.1, 0.15) is 50.3 Å². The predicted octanol–water partition coefficient (Wildman–Crippen LogP) is 1.93. The minimum Gasteiger partial charge on any atom is -0.481 e. The number of hydrogen-bond donors (Lipinski definition) is 1. The Morgan fingerprint density at radius 1 is 1.40 bits per heavy atom. The van der Waals surface area contributed by atoms with Crippen molar-refractivity contribution in [3.8, 4) is 0 Å². The minimum atomic E-state index is -0.910. The summed E-state index contributed by atoms with van der Waals surface area (Å²) < 4.78 is 1.65. The zero-order valence-corrected chi connectivity index (χ0v) is 12.8. The minimum absolute atomic E-state index is 0.0672. The number of hydrogen-bond acceptors (Lipinski definition) is 3. The van der Waals surface area contributed by atoms with Gasteiger partial charge in [0.25, 0.3) is 5.91 Å². The van der Waals surface area contributed by atoms with E-state index in [-0.39, 0.29) is 18.9 Å². The van der Waals surface area contributed by atoms with Crippen molar-refractivity contribution in [2.45, 2.75) is 53.1 Å². The van der Waals surface area contributed by atoms with E-state index in [4.69, 9.17) is 5.11 Å². The number of carboxylic acid groups (broad SMARTS) is 1. The lowest BCUT2D eigenvalue weighted by molar-refractivity contribution is -0.137. The average molecular weight is 281 g/mol. The summed E-state index contributed by atoms with van der Waals surface area (Å²) in [6.45, 7) is 10.2. The summed E-state index contributed by atoms with van der Waals surface area (Å²) >= 11 is 0. The molecule has 0 unspecified atom stereocenters. The highest BCUT2D eigenvalue weighted by molar-refractivity contribution is 5.93. The molecule has 1 aromatic rings. The van der Waals surface area contributed by atoms with Crippen LogP contribution in [0.3, 0.4) is 0 Å². The van der Waals surface area contributed by atoms with Crippen LogP contribution in [-0.2, 0) is 11.3 Å². The molecule has 0 saturated heterocycles. The summed E-state index contributed by atoms with van der Waals surface area (Å²) in [5.74, 6) is -1.09. The number of carbonyl (C=O) groups is 2. The van der Waals surface area contributed by atoms with Gasteiger partial charge in [0, 0.05) is 18.6 Å². The Hall–Kier alpha value is -1.85. The van der Waals surface area contributed by atoms with Gasteiger partial charge in [-0.25, -0.2) is 0 Å². The molecule has 0 aliphatic heterocycles. The third kappa shape index (κ3) is 3.82. The number of amides is 1. The van der Waals surface area contributed by atoms with Crippen LogP contribution in [0.4, 0.5) is 0 Å². The second kappa shape index (κ2) is 6.07. The van der Waals surface area contributed by atoms with Gasteiger partial charge in [-0.1, -0.05) is 0 Å². The first-order chi connectivity index (χ1) is 9.16. The van der Waals surface area contributed by atoms with Crippen LogP contribution in [0, 0.1) is 6.92 Å². The molecule has 0 radical (unpaired) electrons. The molecule has 1 rings (SSSR count). The third-order valence-corrected chi connectivity index (χ3v) is 3.02. The van der Waals surface area contributed by atoms with E-state index in [2.05, 4.69) is 5.10 Å². The fourth-order valence-electron chi connectivity index (χ4n) is 2.05. The number of rotatable bonds is 5. The summed E-state index contributed by atoms with van der Waals surface area (Å²) in [5.41, 5.74) is 0.844. The van der Waals surface area contributed by atoms with Gasteiger partial charge < -0.3 is 10.0 Å². The molecule has 0 spiro atoms. The van der Waals surface area contributed by atoms with Crippen molar-refractivity contribution >= 4 is 11.9 Å². The maximum Gasteiger partial charge on any atom is 0.305 e. The summed E-state index contributed by atoms with van der Waals surface area (Å²) in [4.78, 5) is 25.0. The average Bonchev–Trinajstić information content (AvgIpc) is 2.68. The molecule has 1 aromatic heterocycles. The van der Waals surface area contributed by atoms with Gasteiger partial charge in [0.1, 0.15) is 5.69 Å². The zero-order valence-electron chi connectivity index (χ0n) is 12.8. The van der Waals surface area contributed by atoms with Crippen molar-refractivity contribution in [2.24, 2.45) is 0 Å². The highest BCUT2D eigenvalue weighted by atomic mass is 16.4. The van der Waals surface area contributed by atoms with E-state index in [1.165, 1.54) is 0 Å². The smallest absolute Gasteiger partial charge is 0.305 e. The maximum absolute atomic E-state index is 12.7. The van der Waals surface area contributed by atoms with Crippen LogP contribution in [-0.4, -0.2) is 43.7 Å². The van der Waals surface area contributed by atoms with E-state index in [1.54, 1.807) is 15.6 Å². The first-order valence-electron chi connectivity index (χ1n) is 6.75. The highest BCUT2D eigenvalue weighted by Crippen LogP contribution is 2.18. The summed E-state index contributed by atoms with van der Waals surface area (Å²) in [5, 5.41) is 13.1. The second-order valence-electron chi connectivity index (χ2n) is 5.76. The molecule has 0 atom stereocenters. The lowest BCUT2D eigenvalue weighted by Crippen LogP contribution is -2.47. The Labute approximate surface area is 119 Å². The number of aromatic nitrogens is 2. The van der Waals surface area contributed by atoms with E-state index in [1.807, 2.05) is 34.6 Å². The Kier molecular flexibility index (Phi) is 4.92. The van der Waals surface area contributed by atoms with Gasteiger partial charge in [-0.2, -0.15) is 5.10 Å². The zero-order chi connectivity index (χ0) is 15.5. The molecule has 6 heteroatoms. The summed E-state index contributed by atoms with van der Waals surface area (Å²) in [6.07, 6.45) is -0.0672. The fourth-order valence-corrected chi connectivity index (χ4v) is 2.05. The summed E-state index contributed by atoms with van der Waals surface area (Å²) in [6, 6.07) is 1.74. The Morgan fingerprint density at radius 2 is 2.00 bits per heavy atom. The molecule has 1 heterocycles. The Balaban J connectivity index is 3.06. The Bertz CT molecular complexity index is 500. The van der Waals surface area contributed by atoms with Gasteiger partial charge in [0.05, 0.1) is 12.1 Å². The van der Waals surface area contributed by atoms with E-state index in [9.17, 15) is 9.59 Å². The van der Waals surface area contributed by atoms with E-state index >= 15 is 0 Å². The van der Waals surface area contributed by atoms with Crippen molar-refractivity contribution < 1.29 is 14.7 Å². The molecule has 0 aromatic carbocycles. The van der Waals surface area contributed by atoms with Gasteiger partial charge in [-0.15, -0.1) is 0 Å². The molecule has 0 aliphatic rings. The van der Waals surface area contributed by atoms with Crippen LogP contribution >= 0.6 is 0 Å². The van der Waals surface area contributed by atoms with Gasteiger partial charge >= 0.3 is 5.97 Å². The first kappa shape index (κ1) is 16.2. The van der Waals surface area contributed by atoms with Gasteiger partial charge in [0.2, 0.25) is 0 Å². The van der Waals surface area contributed by atoms with Gasteiger partial charge in [-0.05, 0) is 40.7 Å². The van der Waals surface area contributed by atoms with Crippen molar-refractivity contribution in [3.05, 3.63) is 17.5 Å². The number of aliphatic carboxylic acids is 1. The molecular weight excluding hydrogens is 258 g/mol. The number of carbonyl (C=O) groups excluding carboxylic acids is 1. The Morgan fingerprint density at radius 3 is 2.45 bits per heavy atom. The van der Waals surface area contributed by atoms with Crippen LogP contribution in [0.2, 0.25) is 0 Å². The maximum atomic E-state index is 12.7. The van der Waals surface area contributed by atoms with Crippen molar-refractivity contribution in [1.29, 1.82) is 0 Å². The van der Waals surface area contributed by atoms with Crippen LogP contribution in [0.5, 0.6) is 0 Å². The van der Waals surface area contributed by atoms with Gasteiger partial charge in [0.15, 0.2) is 0 Å². The fraction of sp³-hybridized carbons (Fsp3) is 0.643. The molecule has 20 heavy (non-hydrogen) atoms. The molecule has 0 saturated carbocycles. The molecular formula is C14H23N3O3. The quantitative estimate of drug-likeness (QED) is 0.894. The molecule has 1 N–H and O–H groups in total. The van der Waals surface area contributed by atoms with E-state index in [0.29, 0.717) is 12.2 Å². The molecule has 0 fully saturated rings. The van der Waals surface area contributed by atoms with Crippen molar-refractivity contribution in [2.75, 3.05) is 6.54 Å². The van der Waals surface area contributed by atoms with E-state index in [0.717, 1.165) is 5.69 Å². The number of carboxylic acids is 1. The molecule has 1 amide bonds. The molecule has 6 nitrogen and oxygen atoms in total. The normalized spacial score (nSPS) is 11.4. The third-order valence-electron chi connectivity index (χ3n) is 3.02. The highest BCUT2D eigenvalue weighted by Gasteiger charge is 2.29. The van der Waals surface area contributed by atoms with Crippen molar-refractivity contribution in [1.82, 2.24) is 14.7 Å². The SMILES string of the molecule is CCn1nc(C)cc1C(=O)N(CCC(=O)O)C(C)(C)C. The lowest BCUT2D eigenvalue weighted by atomic mass is 10.0. The first-order valence-corrected chi connectivity index (χ1v) is 6.75. The van der Waals surface area contributed by atoms with Crippen molar-refractivity contribution in [3.63, 3.8) is 0 Å². The van der Waals surface area contributed by atoms with Crippen LogP contribution in [0.15, 0.2) is 6.07 Å². The topological polar surface area (TPSA) is 75.4 Å². The predicted molar refractivity (Wildman–Crippen MR) is 75.7 cm³/mol.